The number of carbonyl (C=O) groups excluding carboxylic acids is 1. The number of carbonyl (C=O) groups is 1. The Bertz CT molecular complexity index is 424. The van der Waals surface area contributed by atoms with Crippen LogP contribution in [0.15, 0.2) is 24.3 Å². The second-order valence-electron chi connectivity index (χ2n) is 5.42. The van der Waals surface area contributed by atoms with Gasteiger partial charge in [-0.3, -0.25) is 9.69 Å². The van der Waals surface area contributed by atoms with Crippen molar-refractivity contribution < 1.29 is 9.53 Å². The smallest absolute Gasteiger partial charge is 0.141 e. The predicted octanol–water partition coefficient (Wildman–Crippen LogP) is 2.11. The van der Waals surface area contributed by atoms with Gasteiger partial charge in [0.1, 0.15) is 11.5 Å². The summed E-state index contributed by atoms with van der Waals surface area (Å²) in [6.45, 7) is 2.84. The molecule has 96 valence electrons. The molecule has 2 unspecified atom stereocenters. The normalized spacial score (nSPS) is 27.5. The first-order valence-corrected chi connectivity index (χ1v) is 6.65. The molecule has 0 N–H and O–H groups in total. The molecular weight excluding hydrogens is 226 g/mol. The van der Waals surface area contributed by atoms with E-state index in [4.69, 9.17) is 4.74 Å². The van der Waals surface area contributed by atoms with Gasteiger partial charge in [0.05, 0.1) is 7.11 Å². The number of fused-ring (bicyclic) bond motifs is 2. The first-order valence-electron chi connectivity index (χ1n) is 6.65. The first-order chi connectivity index (χ1) is 8.76. The minimum absolute atomic E-state index is 0.307. The van der Waals surface area contributed by atoms with Crippen LogP contribution < -0.4 is 4.74 Å². The van der Waals surface area contributed by atoms with Gasteiger partial charge >= 0.3 is 0 Å². The van der Waals surface area contributed by atoms with E-state index in [1.807, 2.05) is 12.1 Å². The van der Waals surface area contributed by atoms with Crippen molar-refractivity contribution in [2.75, 3.05) is 20.2 Å². The molecule has 2 atom stereocenters. The van der Waals surface area contributed by atoms with Crippen LogP contribution in [-0.4, -0.2) is 30.9 Å². The minimum Gasteiger partial charge on any atom is -0.497 e. The lowest BCUT2D eigenvalue weighted by Crippen LogP contribution is -2.41. The molecular formula is C15H19NO2. The highest BCUT2D eigenvalue weighted by atomic mass is 16.5. The quantitative estimate of drug-likeness (QED) is 0.817. The zero-order chi connectivity index (χ0) is 12.5. The van der Waals surface area contributed by atoms with Gasteiger partial charge in [-0.1, -0.05) is 12.1 Å². The van der Waals surface area contributed by atoms with E-state index in [0.29, 0.717) is 17.6 Å². The van der Waals surface area contributed by atoms with Gasteiger partial charge in [-0.2, -0.15) is 0 Å². The fourth-order valence-corrected chi connectivity index (χ4v) is 3.20. The van der Waals surface area contributed by atoms with Crippen LogP contribution >= 0.6 is 0 Å². The summed E-state index contributed by atoms with van der Waals surface area (Å²) in [5.74, 6) is 2.03. The van der Waals surface area contributed by atoms with Crippen LogP contribution in [0.1, 0.15) is 18.4 Å². The van der Waals surface area contributed by atoms with E-state index in [1.54, 1.807) is 7.11 Å². The van der Waals surface area contributed by atoms with Crippen molar-refractivity contribution in [2.24, 2.45) is 11.8 Å². The fourth-order valence-electron chi connectivity index (χ4n) is 3.20. The summed E-state index contributed by atoms with van der Waals surface area (Å²) in [7, 11) is 1.68. The topological polar surface area (TPSA) is 29.5 Å². The highest BCUT2D eigenvalue weighted by Gasteiger charge is 2.40. The third-order valence-corrected chi connectivity index (χ3v) is 4.19. The third kappa shape index (κ3) is 2.15. The Morgan fingerprint density at radius 1 is 1.17 bits per heavy atom. The lowest BCUT2D eigenvalue weighted by Gasteiger charge is -2.30. The summed E-state index contributed by atoms with van der Waals surface area (Å²) in [6.07, 6.45) is 2.20. The molecule has 3 rings (SSSR count). The lowest BCUT2D eigenvalue weighted by molar-refractivity contribution is -0.127. The SMILES string of the molecule is COc1ccc(CN2CC3CCC(C2)C3=O)cc1. The molecule has 2 fully saturated rings. The number of piperidine rings is 1. The lowest BCUT2D eigenvalue weighted by atomic mass is 9.96. The number of ketones is 1. The van der Waals surface area contributed by atoms with Crippen LogP contribution in [0.25, 0.3) is 0 Å². The molecule has 1 aromatic carbocycles. The van der Waals surface area contributed by atoms with E-state index in [1.165, 1.54) is 5.56 Å². The van der Waals surface area contributed by atoms with Gasteiger partial charge in [0.2, 0.25) is 0 Å². The standard InChI is InChI=1S/C15H19NO2/c1-18-14-6-2-11(3-7-14)8-16-9-12-4-5-13(10-16)15(12)17/h2-3,6-7,12-13H,4-5,8-10H2,1H3. The molecule has 2 bridgehead atoms. The number of rotatable bonds is 3. The molecule has 1 aliphatic carbocycles. The van der Waals surface area contributed by atoms with Crippen LogP contribution in [0.2, 0.25) is 0 Å². The third-order valence-electron chi connectivity index (χ3n) is 4.19. The number of ether oxygens (including phenoxy) is 1. The largest absolute Gasteiger partial charge is 0.497 e. The van der Waals surface area contributed by atoms with Crippen LogP contribution in [0.5, 0.6) is 5.75 Å². The first kappa shape index (κ1) is 11.7. The highest BCUT2D eigenvalue weighted by Crippen LogP contribution is 2.33. The van der Waals surface area contributed by atoms with Crippen LogP contribution in [0.3, 0.4) is 0 Å². The summed E-state index contributed by atoms with van der Waals surface area (Å²) < 4.78 is 5.16. The molecule has 1 heterocycles. The van der Waals surface area contributed by atoms with Gasteiger partial charge in [-0.05, 0) is 30.5 Å². The van der Waals surface area contributed by atoms with Gasteiger partial charge in [-0.15, -0.1) is 0 Å². The average Bonchev–Trinajstić information content (AvgIpc) is 2.63. The van der Waals surface area contributed by atoms with Crippen molar-refractivity contribution in [1.29, 1.82) is 0 Å². The van der Waals surface area contributed by atoms with Crippen LogP contribution in [-0.2, 0) is 11.3 Å². The van der Waals surface area contributed by atoms with Gasteiger partial charge in [0, 0.05) is 31.5 Å². The van der Waals surface area contributed by atoms with E-state index in [0.717, 1.165) is 38.2 Å². The number of Topliss-reactive ketones (excluding diaryl/α,β-unsaturated/α-hetero) is 1. The molecule has 0 aromatic heterocycles. The molecule has 1 saturated carbocycles. The summed E-state index contributed by atoms with van der Waals surface area (Å²) >= 11 is 0. The van der Waals surface area contributed by atoms with Crippen molar-refractivity contribution in [3.63, 3.8) is 0 Å². The van der Waals surface area contributed by atoms with Gasteiger partial charge in [0.15, 0.2) is 0 Å². The van der Waals surface area contributed by atoms with E-state index in [-0.39, 0.29) is 0 Å². The maximum Gasteiger partial charge on any atom is 0.141 e. The average molecular weight is 245 g/mol. The minimum atomic E-state index is 0.307. The monoisotopic (exact) mass is 245 g/mol. The number of likely N-dealkylation sites (tertiary alicyclic amines) is 1. The summed E-state index contributed by atoms with van der Waals surface area (Å²) in [4.78, 5) is 14.2. The summed E-state index contributed by atoms with van der Waals surface area (Å²) in [5.41, 5.74) is 1.30. The second-order valence-corrected chi connectivity index (χ2v) is 5.42. The zero-order valence-electron chi connectivity index (χ0n) is 10.8. The molecule has 18 heavy (non-hydrogen) atoms. The van der Waals surface area contributed by atoms with Crippen LogP contribution in [0, 0.1) is 11.8 Å². The van der Waals surface area contributed by atoms with E-state index < -0.39 is 0 Å². The number of hydrogen-bond acceptors (Lipinski definition) is 3. The number of methoxy groups -OCH3 is 1. The van der Waals surface area contributed by atoms with Crippen molar-refractivity contribution in [2.45, 2.75) is 19.4 Å². The molecule has 1 saturated heterocycles. The molecule has 1 aliphatic heterocycles. The highest BCUT2D eigenvalue weighted by molar-refractivity contribution is 5.86. The predicted molar refractivity (Wildman–Crippen MR) is 69.5 cm³/mol. The van der Waals surface area contributed by atoms with Crippen molar-refractivity contribution in [1.82, 2.24) is 4.90 Å². The number of hydrogen-bond donors (Lipinski definition) is 0. The summed E-state index contributed by atoms with van der Waals surface area (Å²) in [6, 6.07) is 8.21. The van der Waals surface area contributed by atoms with Crippen molar-refractivity contribution in [3.8, 4) is 5.75 Å². The molecule has 3 nitrogen and oxygen atoms in total. The Balaban J connectivity index is 1.65. The zero-order valence-corrected chi connectivity index (χ0v) is 10.8. The Morgan fingerprint density at radius 2 is 1.78 bits per heavy atom. The van der Waals surface area contributed by atoms with Crippen molar-refractivity contribution >= 4 is 5.78 Å². The van der Waals surface area contributed by atoms with Gasteiger partial charge in [-0.25, -0.2) is 0 Å². The van der Waals surface area contributed by atoms with E-state index >= 15 is 0 Å². The molecule has 0 amide bonds. The number of nitrogens with zero attached hydrogens (tertiary/aromatic N) is 1. The van der Waals surface area contributed by atoms with Crippen molar-refractivity contribution in [3.05, 3.63) is 29.8 Å². The Kier molecular flexibility index (Phi) is 3.08. The van der Waals surface area contributed by atoms with E-state index in [9.17, 15) is 4.79 Å². The number of benzene rings is 1. The van der Waals surface area contributed by atoms with E-state index in [2.05, 4.69) is 17.0 Å². The molecule has 0 spiro atoms. The molecule has 3 heteroatoms. The molecule has 0 radical (unpaired) electrons. The Hall–Kier alpha value is -1.35. The summed E-state index contributed by atoms with van der Waals surface area (Å²) in [5, 5.41) is 0. The Labute approximate surface area is 108 Å². The van der Waals surface area contributed by atoms with Crippen LogP contribution in [0.4, 0.5) is 0 Å². The second kappa shape index (κ2) is 4.73. The Morgan fingerprint density at radius 3 is 2.33 bits per heavy atom. The maximum atomic E-state index is 11.8. The molecule has 1 aromatic rings. The van der Waals surface area contributed by atoms with Gasteiger partial charge < -0.3 is 4.74 Å². The van der Waals surface area contributed by atoms with Gasteiger partial charge in [0.25, 0.3) is 0 Å². The maximum absolute atomic E-state index is 11.8. The molecule has 2 aliphatic rings. The fraction of sp³-hybridized carbons (Fsp3) is 0.533.